The van der Waals surface area contributed by atoms with Gasteiger partial charge in [0.05, 0.1) is 5.56 Å². The molecule has 16 radical (unpaired) electrons. The molecule has 6 nitrogen and oxygen atoms in total. The third-order valence-corrected chi connectivity index (χ3v) is 11.3. The normalized spacial score (nSPS) is 11.9. The van der Waals surface area contributed by atoms with Crippen LogP contribution >= 0.6 is 0 Å². The molecule has 4 aromatic heterocycles. The third kappa shape index (κ3) is 5.08. The van der Waals surface area contributed by atoms with Crippen molar-refractivity contribution in [2.45, 2.75) is 0 Å². The Bertz CT molecular complexity index is 3540. The maximum Gasteiger partial charge on any atom is 0.167 e. The van der Waals surface area contributed by atoms with Crippen molar-refractivity contribution in [3.05, 3.63) is 109 Å². The Morgan fingerprint density at radius 1 is 0.390 bits per heavy atom. The summed E-state index contributed by atoms with van der Waals surface area (Å²) in [6.45, 7) is 0. The summed E-state index contributed by atoms with van der Waals surface area (Å²) in [4.78, 5) is 15.2. The van der Waals surface area contributed by atoms with Crippen LogP contribution in [-0.2, 0) is 0 Å². The van der Waals surface area contributed by atoms with Gasteiger partial charge in [-0.25, -0.2) is 15.0 Å². The van der Waals surface area contributed by atoms with Gasteiger partial charge in [0.15, 0.2) is 17.5 Å². The van der Waals surface area contributed by atoms with Gasteiger partial charge >= 0.3 is 0 Å². The smallest absolute Gasteiger partial charge is 0.167 e. The topological polar surface area (TPSA) is 69.9 Å². The Labute approximate surface area is 348 Å². The first-order valence-electron chi connectivity index (χ1n) is 18.6. The molecular formula is C45H18B8N4O2. The van der Waals surface area contributed by atoms with Crippen LogP contribution in [0.25, 0.3) is 106 Å². The summed E-state index contributed by atoms with van der Waals surface area (Å²) in [5.74, 6) is 1.42. The average molecular weight is 733 g/mol. The summed E-state index contributed by atoms with van der Waals surface area (Å²) in [5.41, 5.74) is 7.64. The number of aromatic nitrogens is 4. The molecule has 0 saturated carbocycles. The number of benzene rings is 7. The summed E-state index contributed by atoms with van der Waals surface area (Å²) in [6.07, 6.45) is 0. The number of rotatable bonds is 4. The van der Waals surface area contributed by atoms with E-state index in [1.54, 1.807) is 0 Å². The second kappa shape index (κ2) is 13.0. The zero-order valence-electron chi connectivity index (χ0n) is 31.1. The molecule has 0 unspecified atom stereocenters. The highest BCUT2D eigenvalue weighted by molar-refractivity contribution is 6.71. The molecule has 0 saturated heterocycles. The van der Waals surface area contributed by atoms with Gasteiger partial charge < -0.3 is 13.4 Å². The first-order valence-corrected chi connectivity index (χ1v) is 18.6. The minimum absolute atomic E-state index is 0.119. The fourth-order valence-corrected chi connectivity index (χ4v) is 8.37. The summed E-state index contributed by atoms with van der Waals surface area (Å²) in [5, 5.41) is 4.48. The summed E-state index contributed by atoms with van der Waals surface area (Å²) in [6, 6.07) is 35.3. The van der Waals surface area contributed by atoms with E-state index in [1.807, 2.05) is 114 Å². The summed E-state index contributed by atoms with van der Waals surface area (Å²) >= 11 is 0. The third-order valence-electron chi connectivity index (χ3n) is 11.3. The maximum absolute atomic E-state index is 6.71. The van der Waals surface area contributed by atoms with Crippen molar-refractivity contribution in [2.24, 2.45) is 0 Å². The van der Waals surface area contributed by atoms with Gasteiger partial charge in [-0.3, -0.25) is 0 Å². The van der Waals surface area contributed by atoms with E-state index >= 15 is 0 Å². The van der Waals surface area contributed by atoms with Gasteiger partial charge in [0.1, 0.15) is 85.1 Å². The number of hydrogen-bond donors (Lipinski definition) is 0. The van der Waals surface area contributed by atoms with Crippen LogP contribution in [0.4, 0.5) is 0 Å². The van der Waals surface area contributed by atoms with Crippen LogP contribution in [0.2, 0.25) is 0 Å². The fourth-order valence-electron chi connectivity index (χ4n) is 8.37. The van der Waals surface area contributed by atoms with E-state index in [2.05, 4.69) is 0 Å². The van der Waals surface area contributed by atoms with E-state index < -0.39 is 0 Å². The van der Waals surface area contributed by atoms with Crippen LogP contribution in [0.1, 0.15) is 0 Å². The molecule has 0 N–H and O–H groups in total. The van der Waals surface area contributed by atoms with E-state index in [0.717, 1.165) is 43.8 Å². The Kier molecular flexibility index (Phi) is 7.84. The molecule has 0 aliphatic carbocycles. The molecule has 0 atom stereocenters. The van der Waals surface area contributed by atoms with Crippen molar-refractivity contribution in [3.8, 4) is 39.9 Å². The second-order valence-corrected chi connectivity index (χ2v) is 14.5. The van der Waals surface area contributed by atoms with Crippen molar-refractivity contribution in [1.29, 1.82) is 0 Å². The Morgan fingerprint density at radius 2 is 0.949 bits per heavy atom. The molecule has 0 bridgehead atoms. The first kappa shape index (κ1) is 35.6. The number of furan rings is 2. The van der Waals surface area contributed by atoms with Crippen LogP contribution in [-0.4, -0.2) is 82.3 Å². The Hall–Kier alpha value is -6.53. The SMILES string of the molecule is [B]c1c([B])c([B])c2c(c1[B])c1c([B])c([B])c([B])c([B])c1n2-c1ccc2c(c1)oc1cccc(-c3nc(-c4ccccc4)nc(-c4cccc5c4oc4ccccc45)n3)c12. The molecule has 254 valence electrons. The van der Waals surface area contributed by atoms with E-state index in [-0.39, 0.29) is 43.7 Å². The first-order chi connectivity index (χ1) is 28.6. The maximum atomic E-state index is 6.71. The second-order valence-electron chi connectivity index (χ2n) is 14.5. The minimum atomic E-state index is 0.119. The molecule has 0 spiro atoms. The molecule has 0 aliphatic rings. The van der Waals surface area contributed by atoms with Gasteiger partial charge in [0.2, 0.25) is 0 Å². The predicted octanol–water partition coefficient (Wildman–Crippen LogP) is 2.12. The highest BCUT2D eigenvalue weighted by atomic mass is 16.3. The standard InChI is InChI=1S/C45H18B8N4O2/c46-32-30-31-33(47)35(49)37(51)39(53)41(31)57(40(30)38(52)36(50)34(32)48)20-16-17-23-28(18-20)58-27-15-7-12-24(29(23)27)44-54-43(19-8-2-1-3-9-19)55-45(56-44)25-13-6-11-22-21-10-4-5-14-26(21)59-42(22)25/h1-18H. The van der Waals surface area contributed by atoms with Crippen LogP contribution < -0.4 is 43.7 Å². The van der Waals surface area contributed by atoms with Gasteiger partial charge in [-0.15, -0.1) is 21.9 Å². The van der Waals surface area contributed by atoms with Crippen LogP contribution in [0.15, 0.2) is 118 Å². The molecule has 11 rings (SSSR count). The molecular weight excluding hydrogens is 715 g/mol. The lowest BCUT2D eigenvalue weighted by Crippen LogP contribution is -2.49. The van der Waals surface area contributed by atoms with Gasteiger partial charge in [-0.1, -0.05) is 94.6 Å². The zero-order chi connectivity index (χ0) is 40.4. The van der Waals surface area contributed by atoms with E-state index in [0.29, 0.717) is 61.7 Å². The quantitative estimate of drug-likeness (QED) is 0.260. The monoisotopic (exact) mass is 734 g/mol. The highest BCUT2D eigenvalue weighted by Crippen LogP contribution is 2.40. The molecule has 14 heteroatoms. The number of fused-ring (bicyclic) bond motifs is 9. The zero-order valence-corrected chi connectivity index (χ0v) is 31.1. The lowest BCUT2D eigenvalue weighted by Gasteiger charge is -2.17. The van der Waals surface area contributed by atoms with Crippen molar-refractivity contribution < 1.29 is 8.83 Å². The van der Waals surface area contributed by atoms with Gasteiger partial charge in [0, 0.05) is 55.5 Å². The van der Waals surface area contributed by atoms with Crippen LogP contribution in [0, 0.1) is 0 Å². The van der Waals surface area contributed by atoms with Gasteiger partial charge in [-0.05, 0) is 41.1 Å². The molecule has 4 heterocycles. The summed E-state index contributed by atoms with van der Waals surface area (Å²) in [7, 11) is 52.2. The lowest BCUT2D eigenvalue weighted by molar-refractivity contribution is 0.668. The Balaban J connectivity index is 1.16. The molecule has 0 fully saturated rings. The van der Waals surface area contributed by atoms with Crippen molar-refractivity contribution in [2.75, 3.05) is 0 Å². The number of para-hydroxylation sites is 2. The minimum Gasteiger partial charge on any atom is -0.456 e. The van der Waals surface area contributed by atoms with Crippen molar-refractivity contribution >= 4 is 172 Å². The fraction of sp³-hybridized carbons (Fsp3) is 0. The van der Waals surface area contributed by atoms with E-state index in [4.69, 9.17) is 86.6 Å². The van der Waals surface area contributed by atoms with Crippen LogP contribution in [0.3, 0.4) is 0 Å². The lowest BCUT2D eigenvalue weighted by atomic mass is 9.63. The predicted molar refractivity (Wildman–Crippen MR) is 248 cm³/mol. The van der Waals surface area contributed by atoms with Crippen molar-refractivity contribution in [3.63, 3.8) is 0 Å². The molecule has 7 aromatic carbocycles. The highest BCUT2D eigenvalue weighted by Gasteiger charge is 2.24. The molecule has 0 amide bonds. The largest absolute Gasteiger partial charge is 0.456 e. The number of hydrogen-bond acceptors (Lipinski definition) is 5. The Morgan fingerprint density at radius 3 is 1.66 bits per heavy atom. The molecule has 0 aliphatic heterocycles. The number of nitrogens with zero attached hydrogens (tertiary/aromatic N) is 4. The van der Waals surface area contributed by atoms with Crippen molar-refractivity contribution in [1.82, 2.24) is 19.5 Å². The van der Waals surface area contributed by atoms with Gasteiger partial charge in [0.25, 0.3) is 0 Å². The van der Waals surface area contributed by atoms with Gasteiger partial charge in [-0.2, -0.15) is 0 Å². The summed E-state index contributed by atoms with van der Waals surface area (Å²) < 4.78 is 14.8. The van der Waals surface area contributed by atoms with Crippen LogP contribution in [0.5, 0.6) is 0 Å². The average Bonchev–Trinajstić information content (AvgIpc) is 3.96. The molecule has 59 heavy (non-hydrogen) atoms. The van der Waals surface area contributed by atoms with E-state index in [9.17, 15) is 0 Å². The molecule has 11 aromatic rings. The van der Waals surface area contributed by atoms with E-state index in [1.165, 1.54) is 0 Å².